The smallest absolute Gasteiger partial charge is 0.0458 e. The second-order valence-corrected chi connectivity index (χ2v) is 5.73. The van der Waals surface area contributed by atoms with E-state index < -0.39 is 0 Å². The Hall–Kier alpha value is -0.890. The number of hydrogen-bond acceptors (Lipinski definition) is 2. The molecule has 0 aromatic carbocycles. The van der Waals surface area contributed by atoms with Gasteiger partial charge in [0.1, 0.15) is 0 Å². The molecular weight excluding hydrogens is 208 g/mol. The highest BCUT2D eigenvalue weighted by Crippen LogP contribution is 2.28. The van der Waals surface area contributed by atoms with Crippen LogP contribution in [0.2, 0.25) is 0 Å². The van der Waals surface area contributed by atoms with Crippen LogP contribution in [-0.4, -0.2) is 30.0 Å². The first-order valence-electron chi connectivity index (χ1n) is 6.73. The molecule has 0 spiro atoms. The van der Waals surface area contributed by atoms with Gasteiger partial charge >= 0.3 is 0 Å². The molecule has 1 aromatic rings. The standard InChI is InChI=1S/C15H24N2/c1-11(2)15-12(3)8-14(9-16-15)13-6-5-7-17(4)10-13/h8-9,11,13H,5-7,10H2,1-4H3. The summed E-state index contributed by atoms with van der Waals surface area (Å²) in [5.41, 5.74) is 4.03. The number of rotatable bonds is 2. The van der Waals surface area contributed by atoms with Crippen LogP contribution < -0.4 is 0 Å². The van der Waals surface area contributed by atoms with Crippen molar-refractivity contribution in [2.75, 3.05) is 20.1 Å². The van der Waals surface area contributed by atoms with Crippen molar-refractivity contribution in [3.8, 4) is 0 Å². The molecule has 2 rings (SSSR count). The lowest BCUT2D eigenvalue weighted by atomic mass is 9.90. The summed E-state index contributed by atoms with van der Waals surface area (Å²) < 4.78 is 0. The Morgan fingerprint density at radius 1 is 1.41 bits per heavy atom. The summed E-state index contributed by atoms with van der Waals surface area (Å²) in [6.07, 6.45) is 4.73. The molecule has 1 unspecified atom stereocenters. The summed E-state index contributed by atoms with van der Waals surface area (Å²) in [6, 6.07) is 2.35. The molecule has 0 aliphatic carbocycles. The first kappa shape index (κ1) is 12.6. The van der Waals surface area contributed by atoms with Crippen LogP contribution in [0.4, 0.5) is 0 Å². The Balaban J connectivity index is 2.19. The SMILES string of the molecule is Cc1cc(C2CCCN(C)C2)cnc1C(C)C. The van der Waals surface area contributed by atoms with Gasteiger partial charge in [-0.25, -0.2) is 0 Å². The maximum absolute atomic E-state index is 4.66. The second-order valence-electron chi connectivity index (χ2n) is 5.73. The molecule has 2 heterocycles. The van der Waals surface area contributed by atoms with Crippen molar-refractivity contribution >= 4 is 0 Å². The van der Waals surface area contributed by atoms with Gasteiger partial charge in [-0.3, -0.25) is 4.98 Å². The highest BCUT2D eigenvalue weighted by atomic mass is 15.1. The van der Waals surface area contributed by atoms with Crippen LogP contribution in [0.25, 0.3) is 0 Å². The Kier molecular flexibility index (Phi) is 3.82. The van der Waals surface area contributed by atoms with E-state index >= 15 is 0 Å². The van der Waals surface area contributed by atoms with Gasteiger partial charge in [-0.15, -0.1) is 0 Å². The lowest BCUT2D eigenvalue weighted by Crippen LogP contribution is -2.30. The van der Waals surface area contributed by atoms with Crippen molar-refractivity contribution < 1.29 is 0 Å². The number of piperidine rings is 1. The maximum Gasteiger partial charge on any atom is 0.0458 e. The van der Waals surface area contributed by atoms with Crippen LogP contribution >= 0.6 is 0 Å². The summed E-state index contributed by atoms with van der Waals surface area (Å²) >= 11 is 0. The molecule has 0 saturated carbocycles. The summed E-state index contributed by atoms with van der Waals surface area (Å²) in [5.74, 6) is 1.21. The number of hydrogen-bond donors (Lipinski definition) is 0. The zero-order valence-corrected chi connectivity index (χ0v) is 11.5. The molecule has 2 nitrogen and oxygen atoms in total. The topological polar surface area (TPSA) is 16.1 Å². The highest BCUT2D eigenvalue weighted by molar-refractivity contribution is 5.28. The van der Waals surface area contributed by atoms with E-state index in [4.69, 9.17) is 0 Å². The third-order valence-corrected chi connectivity index (χ3v) is 3.78. The van der Waals surface area contributed by atoms with Gasteiger partial charge in [-0.1, -0.05) is 19.9 Å². The Bertz CT molecular complexity index is 385. The van der Waals surface area contributed by atoms with Gasteiger partial charge in [-0.05, 0) is 56.3 Å². The molecule has 0 N–H and O–H groups in total. The molecule has 1 aliphatic rings. The number of pyridine rings is 1. The number of likely N-dealkylation sites (tertiary alicyclic amines) is 1. The zero-order chi connectivity index (χ0) is 12.4. The van der Waals surface area contributed by atoms with Crippen LogP contribution in [0, 0.1) is 6.92 Å². The third kappa shape index (κ3) is 2.86. The molecule has 94 valence electrons. The fraction of sp³-hybridized carbons (Fsp3) is 0.667. The lowest BCUT2D eigenvalue weighted by molar-refractivity contribution is 0.250. The first-order chi connectivity index (χ1) is 8.08. The van der Waals surface area contributed by atoms with Gasteiger partial charge in [0, 0.05) is 18.4 Å². The summed E-state index contributed by atoms with van der Waals surface area (Å²) in [7, 11) is 2.22. The van der Waals surface area contributed by atoms with Crippen LogP contribution in [0.1, 0.15) is 55.3 Å². The minimum atomic E-state index is 0.526. The quantitative estimate of drug-likeness (QED) is 0.777. The number of aryl methyl sites for hydroxylation is 1. The molecule has 1 aliphatic heterocycles. The Morgan fingerprint density at radius 3 is 2.76 bits per heavy atom. The van der Waals surface area contributed by atoms with Crippen molar-refractivity contribution in [3.05, 3.63) is 29.1 Å². The largest absolute Gasteiger partial charge is 0.306 e. The van der Waals surface area contributed by atoms with Crippen molar-refractivity contribution in [3.63, 3.8) is 0 Å². The van der Waals surface area contributed by atoms with E-state index in [-0.39, 0.29) is 0 Å². The summed E-state index contributed by atoms with van der Waals surface area (Å²) in [6.45, 7) is 9.04. The average molecular weight is 232 g/mol. The highest BCUT2D eigenvalue weighted by Gasteiger charge is 2.19. The molecule has 2 heteroatoms. The Labute approximate surface area is 105 Å². The lowest BCUT2D eigenvalue weighted by Gasteiger charge is -2.30. The Morgan fingerprint density at radius 2 is 2.18 bits per heavy atom. The molecule has 17 heavy (non-hydrogen) atoms. The van der Waals surface area contributed by atoms with Crippen molar-refractivity contribution in [1.82, 2.24) is 9.88 Å². The fourth-order valence-electron chi connectivity index (χ4n) is 2.87. The summed E-state index contributed by atoms with van der Waals surface area (Å²) in [5, 5.41) is 0. The maximum atomic E-state index is 4.66. The van der Waals surface area contributed by atoms with Gasteiger partial charge in [0.15, 0.2) is 0 Å². The second kappa shape index (κ2) is 5.18. The van der Waals surface area contributed by atoms with Crippen molar-refractivity contribution in [2.45, 2.75) is 45.4 Å². The zero-order valence-electron chi connectivity index (χ0n) is 11.5. The average Bonchev–Trinajstić information content (AvgIpc) is 2.28. The van der Waals surface area contributed by atoms with E-state index in [0.717, 1.165) is 0 Å². The minimum absolute atomic E-state index is 0.526. The van der Waals surface area contributed by atoms with Crippen molar-refractivity contribution in [2.24, 2.45) is 0 Å². The van der Waals surface area contributed by atoms with Crippen LogP contribution in [0.3, 0.4) is 0 Å². The van der Waals surface area contributed by atoms with E-state index in [9.17, 15) is 0 Å². The van der Waals surface area contributed by atoms with Gasteiger partial charge in [-0.2, -0.15) is 0 Å². The molecule has 1 fully saturated rings. The van der Waals surface area contributed by atoms with E-state index in [1.807, 2.05) is 0 Å². The van der Waals surface area contributed by atoms with E-state index in [2.05, 4.69) is 50.0 Å². The molecular formula is C15H24N2. The number of likely N-dealkylation sites (N-methyl/N-ethyl adjacent to an activating group) is 1. The van der Waals surface area contributed by atoms with Crippen molar-refractivity contribution in [1.29, 1.82) is 0 Å². The molecule has 0 bridgehead atoms. The van der Waals surface area contributed by atoms with Crippen LogP contribution in [0.5, 0.6) is 0 Å². The van der Waals surface area contributed by atoms with Gasteiger partial charge in [0.2, 0.25) is 0 Å². The molecule has 1 aromatic heterocycles. The van der Waals surface area contributed by atoms with E-state index in [1.165, 1.54) is 42.8 Å². The molecule has 0 amide bonds. The van der Waals surface area contributed by atoms with Gasteiger partial charge in [0.05, 0.1) is 0 Å². The van der Waals surface area contributed by atoms with Gasteiger partial charge in [0.25, 0.3) is 0 Å². The fourth-order valence-corrected chi connectivity index (χ4v) is 2.87. The molecule has 1 saturated heterocycles. The predicted octanol–water partition coefficient (Wildman–Crippen LogP) is 3.32. The minimum Gasteiger partial charge on any atom is -0.306 e. The third-order valence-electron chi connectivity index (χ3n) is 3.78. The number of nitrogens with zero attached hydrogens (tertiary/aromatic N) is 2. The number of aromatic nitrogens is 1. The van der Waals surface area contributed by atoms with Gasteiger partial charge < -0.3 is 4.90 Å². The van der Waals surface area contributed by atoms with Crippen LogP contribution in [-0.2, 0) is 0 Å². The monoisotopic (exact) mass is 232 g/mol. The normalized spacial score (nSPS) is 22.1. The van der Waals surface area contributed by atoms with Crippen LogP contribution in [0.15, 0.2) is 12.3 Å². The predicted molar refractivity (Wildman–Crippen MR) is 72.5 cm³/mol. The van der Waals surface area contributed by atoms with E-state index in [1.54, 1.807) is 0 Å². The van der Waals surface area contributed by atoms with E-state index in [0.29, 0.717) is 11.8 Å². The molecule has 0 radical (unpaired) electrons. The first-order valence-corrected chi connectivity index (χ1v) is 6.73. The molecule has 1 atom stereocenters. The summed E-state index contributed by atoms with van der Waals surface area (Å²) in [4.78, 5) is 7.09.